The lowest BCUT2D eigenvalue weighted by atomic mass is 9.89. The molecule has 4 rings (SSSR count). The summed E-state index contributed by atoms with van der Waals surface area (Å²) in [6, 6.07) is 11.3. The summed E-state index contributed by atoms with van der Waals surface area (Å²) in [6.45, 7) is 5.49. The van der Waals surface area contributed by atoms with Crippen LogP contribution in [-0.2, 0) is 23.2 Å². The molecular weight excluding hydrogens is 380 g/mol. The van der Waals surface area contributed by atoms with Gasteiger partial charge in [0, 0.05) is 0 Å². The van der Waals surface area contributed by atoms with E-state index in [1.54, 1.807) is 6.92 Å². The third kappa shape index (κ3) is 3.56. The summed E-state index contributed by atoms with van der Waals surface area (Å²) < 4.78 is 5.78. The first-order chi connectivity index (χ1) is 14.3. The number of imide groups is 1. The Labute approximate surface area is 176 Å². The normalized spacial score (nSPS) is 21.5. The maximum absolute atomic E-state index is 13.1. The Hall–Kier alpha value is -2.86. The number of aryl methyl sites for hydroxylation is 4. The summed E-state index contributed by atoms with van der Waals surface area (Å²) in [7, 11) is 0. The van der Waals surface area contributed by atoms with E-state index in [4.69, 9.17) is 4.74 Å². The van der Waals surface area contributed by atoms with Gasteiger partial charge in [0.2, 0.25) is 0 Å². The van der Waals surface area contributed by atoms with Gasteiger partial charge in [-0.2, -0.15) is 0 Å². The molecule has 0 saturated carbocycles. The topological polar surface area (TPSA) is 78.9 Å². The van der Waals surface area contributed by atoms with Crippen molar-refractivity contribution in [2.75, 3.05) is 13.2 Å². The van der Waals surface area contributed by atoms with Gasteiger partial charge >= 0.3 is 6.03 Å². The van der Waals surface area contributed by atoms with Gasteiger partial charge < -0.3 is 15.2 Å². The van der Waals surface area contributed by atoms with E-state index in [9.17, 15) is 14.7 Å². The van der Waals surface area contributed by atoms with Crippen molar-refractivity contribution in [3.8, 4) is 5.75 Å². The maximum atomic E-state index is 13.1. The summed E-state index contributed by atoms with van der Waals surface area (Å²) in [5, 5.41) is 13.3. The predicted octanol–water partition coefficient (Wildman–Crippen LogP) is 3.00. The highest BCUT2D eigenvalue weighted by molar-refractivity contribution is 6.07. The second kappa shape index (κ2) is 7.76. The number of fused-ring (bicyclic) bond motifs is 1. The van der Waals surface area contributed by atoms with Crippen LogP contribution in [0.2, 0.25) is 0 Å². The lowest BCUT2D eigenvalue weighted by molar-refractivity contribution is -0.132. The van der Waals surface area contributed by atoms with Crippen molar-refractivity contribution in [3.05, 3.63) is 64.2 Å². The quantitative estimate of drug-likeness (QED) is 0.721. The van der Waals surface area contributed by atoms with Gasteiger partial charge in [0.1, 0.15) is 24.0 Å². The Bertz CT molecular complexity index is 982. The van der Waals surface area contributed by atoms with Gasteiger partial charge in [-0.05, 0) is 67.9 Å². The van der Waals surface area contributed by atoms with Crippen molar-refractivity contribution >= 4 is 11.9 Å². The Balaban J connectivity index is 1.45. The number of hydrogen-bond acceptors (Lipinski definition) is 4. The van der Waals surface area contributed by atoms with Crippen LogP contribution in [0.1, 0.15) is 41.2 Å². The van der Waals surface area contributed by atoms with Crippen LogP contribution in [0.5, 0.6) is 5.75 Å². The standard InChI is InChI=1S/C24H28N2O4/c1-15-6-4-7-16(2)21(15)30-14-20(27)13-26-22(28)24(3,25-23(26)29)19-11-10-17-8-5-9-18(17)12-19/h4,6-7,10-12,20,27H,5,8-9,13-14H2,1-3H3,(H,25,29)/t20-,24-/m1/s1. The first-order valence-electron chi connectivity index (χ1n) is 10.4. The SMILES string of the molecule is Cc1cccc(C)c1OC[C@H](O)CN1C(=O)N[C@](C)(c2ccc3c(c2)CCC3)C1=O. The molecule has 158 valence electrons. The van der Waals surface area contributed by atoms with E-state index in [1.165, 1.54) is 11.1 Å². The Kier molecular flexibility index (Phi) is 5.28. The predicted molar refractivity (Wildman–Crippen MR) is 113 cm³/mol. The number of nitrogens with zero attached hydrogens (tertiary/aromatic N) is 1. The number of carbonyl (C=O) groups is 2. The zero-order chi connectivity index (χ0) is 21.5. The van der Waals surface area contributed by atoms with Gasteiger partial charge in [0.25, 0.3) is 5.91 Å². The third-order valence-corrected chi connectivity index (χ3v) is 6.17. The molecular formula is C24H28N2O4. The second-order valence-electron chi connectivity index (χ2n) is 8.49. The van der Waals surface area contributed by atoms with Gasteiger partial charge in [-0.3, -0.25) is 9.69 Å². The van der Waals surface area contributed by atoms with E-state index in [0.717, 1.165) is 46.6 Å². The number of ether oxygens (including phenoxy) is 1. The van der Waals surface area contributed by atoms with E-state index in [0.29, 0.717) is 0 Å². The zero-order valence-corrected chi connectivity index (χ0v) is 17.7. The van der Waals surface area contributed by atoms with E-state index in [-0.39, 0.29) is 19.1 Å². The Morgan fingerprint density at radius 1 is 1.13 bits per heavy atom. The first-order valence-corrected chi connectivity index (χ1v) is 10.4. The van der Waals surface area contributed by atoms with Crippen LogP contribution in [-0.4, -0.2) is 41.2 Å². The lowest BCUT2D eigenvalue weighted by Crippen LogP contribution is -2.42. The summed E-state index contributed by atoms with van der Waals surface area (Å²) in [5.41, 5.74) is 4.17. The molecule has 0 radical (unpaired) electrons. The molecule has 0 aromatic heterocycles. The molecule has 6 heteroatoms. The van der Waals surface area contributed by atoms with Crippen molar-refractivity contribution < 1.29 is 19.4 Å². The minimum atomic E-state index is -1.12. The second-order valence-corrected chi connectivity index (χ2v) is 8.49. The number of benzene rings is 2. The van der Waals surface area contributed by atoms with Crippen molar-refractivity contribution in [2.45, 2.75) is 51.7 Å². The van der Waals surface area contributed by atoms with Gasteiger partial charge in [-0.15, -0.1) is 0 Å². The number of carbonyl (C=O) groups excluding carboxylic acids is 2. The Morgan fingerprint density at radius 3 is 2.57 bits per heavy atom. The first kappa shape index (κ1) is 20.4. The fraction of sp³-hybridized carbons (Fsp3) is 0.417. The van der Waals surface area contributed by atoms with Crippen LogP contribution < -0.4 is 10.1 Å². The number of para-hydroxylation sites is 1. The summed E-state index contributed by atoms with van der Waals surface area (Å²) in [6.07, 6.45) is 2.19. The van der Waals surface area contributed by atoms with Crippen molar-refractivity contribution in [1.82, 2.24) is 10.2 Å². The summed E-state index contributed by atoms with van der Waals surface area (Å²) in [5.74, 6) is 0.369. The number of β-amino-alcohol motifs (C(OH)–C–C–N with tert-alkyl or cyclic N) is 1. The van der Waals surface area contributed by atoms with Crippen LogP contribution in [0, 0.1) is 13.8 Å². The number of urea groups is 1. The largest absolute Gasteiger partial charge is 0.490 e. The molecule has 30 heavy (non-hydrogen) atoms. The average molecular weight is 408 g/mol. The fourth-order valence-corrected chi connectivity index (χ4v) is 4.41. The van der Waals surface area contributed by atoms with Gasteiger partial charge in [0.15, 0.2) is 0 Å². The van der Waals surface area contributed by atoms with Crippen LogP contribution in [0.15, 0.2) is 36.4 Å². The van der Waals surface area contributed by atoms with E-state index >= 15 is 0 Å². The number of hydrogen-bond donors (Lipinski definition) is 2. The number of aliphatic hydroxyl groups excluding tert-OH is 1. The summed E-state index contributed by atoms with van der Waals surface area (Å²) >= 11 is 0. The molecule has 1 saturated heterocycles. The van der Waals surface area contributed by atoms with Crippen LogP contribution in [0.3, 0.4) is 0 Å². The highest BCUT2D eigenvalue weighted by atomic mass is 16.5. The molecule has 2 aliphatic rings. The van der Waals surface area contributed by atoms with E-state index in [1.807, 2.05) is 44.2 Å². The molecule has 2 aromatic carbocycles. The molecule has 1 aliphatic carbocycles. The molecule has 0 unspecified atom stereocenters. The molecule has 1 heterocycles. The van der Waals surface area contributed by atoms with E-state index < -0.39 is 17.7 Å². The molecule has 1 aliphatic heterocycles. The monoisotopic (exact) mass is 408 g/mol. The van der Waals surface area contributed by atoms with Gasteiger partial charge in [-0.1, -0.05) is 36.4 Å². The molecule has 2 atom stereocenters. The molecule has 2 aromatic rings. The van der Waals surface area contributed by atoms with E-state index in [2.05, 4.69) is 11.4 Å². The van der Waals surface area contributed by atoms with Crippen molar-refractivity contribution in [2.24, 2.45) is 0 Å². The summed E-state index contributed by atoms with van der Waals surface area (Å²) in [4.78, 5) is 26.8. The lowest BCUT2D eigenvalue weighted by Gasteiger charge is -2.24. The number of nitrogens with one attached hydrogen (secondary N) is 1. The van der Waals surface area contributed by atoms with Crippen molar-refractivity contribution in [3.63, 3.8) is 0 Å². The van der Waals surface area contributed by atoms with Crippen molar-refractivity contribution in [1.29, 1.82) is 0 Å². The molecule has 6 nitrogen and oxygen atoms in total. The zero-order valence-electron chi connectivity index (χ0n) is 17.7. The fourth-order valence-electron chi connectivity index (χ4n) is 4.41. The highest BCUT2D eigenvalue weighted by Crippen LogP contribution is 2.32. The molecule has 1 fully saturated rings. The van der Waals surface area contributed by atoms with Crippen LogP contribution >= 0.6 is 0 Å². The van der Waals surface area contributed by atoms with Crippen LogP contribution in [0.4, 0.5) is 4.79 Å². The smallest absolute Gasteiger partial charge is 0.325 e. The van der Waals surface area contributed by atoms with Gasteiger partial charge in [-0.25, -0.2) is 4.79 Å². The Morgan fingerprint density at radius 2 is 1.83 bits per heavy atom. The molecule has 0 bridgehead atoms. The third-order valence-electron chi connectivity index (χ3n) is 6.17. The van der Waals surface area contributed by atoms with Gasteiger partial charge in [0.05, 0.1) is 6.54 Å². The number of amides is 3. The highest BCUT2D eigenvalue weighted by Gasteiger charge is 2.49. The molecule has 2 N–H and O–H groups in total. The number of rotatable bonds is 6. The average Bonchev–Trinajstić information content (AvgIpc) is 3.26. The maximum Gasteiger partial charge on any atom is 0.325 e. The van der Waals surface area contributed by atoms with Crippen LogP contribution in [0.25, 0.3) is 0 Å². The minimum Gasteiger partial charge on any atom is -0.490 e. The molecule has 3 amide bonds. The number of aliphatic hydroxyl groups is 1. The minimum absolute atomic E-state index is 0.00167. The molecule has 0 spiro atoms.